The second kappa shape index (κ2) is 19.0. The molecule has 1 aliphatic heterocycles. The third kappa shape index (κ3) is 10.6. The molecule has 1 saturated heterocycles. The number of anilines is 2. The van der Waals surface area contributed by atoms with Crippen LogP contribution in [0.1, 0.15) is 54.8 Å². The molecular weight excluding hydrogens is 773 g/mol. The number of imidazole rings is 1. The number of carbonyl (C=O) groups excluding carboxylic acids is 2. The van der Waals surface area contributed by atoms with Crippen molar-refractivity contribution in [2.24, 2.45) is 0 Å². The number of amides is 2. The van der Waals surface area contributed by atoms with E-state index in [4.69, 9.17) is 29.6 Å². The Kier molecular flexibility index (Phi) is 13.6. The fourth-order valence-electron chi connectivity index (χ4n) is 7.14. The molecule has 7 rings (SSSR count). The van der Waals surface area contributed by atoms with Gasteiger partial charge in [-0.2, -0.15) is 23.1 Å². The monoisotopic (exact) mass is 818 g/mol. The van der Waals surface area contributed by atoms with E-state index >= 15 is 0 Å². The van der Waals surface area contributed by atoms with E-state index in [1.54, 1.807) is 17.8 Å². The number of hydrogen-bond acceptors (Lipinski definition) is 11. The summed E-state index contributed by atoms with van der Waals surface area (Å²) in [5.41, 5.74) is 4.21. The minimum Gasteiger partial charge on any atom is -0.475 e. The molecule has 0 unspecified atom stereocenters. The fraction of sp³-hybridized carbons (Fsp3) is 0.366. The molecular formula is C41H45F3N8O7. The summed E-state index contributed by atoms with van der Waals surface area (Å²) in [4.78, 5) is 50.5. The molecule has 15 nitrogen and oxygen atoms in total. The smallest absolute Gasteiger partial charge is 0.475 e. The maximum atomic E-state index is 12.7. The molecule has 59 heavy (non-hydrogen) atoms. The second-order valence-electron chi connectivity index (χ2n) is 14.2. The lowest BCUT2D eigenvalue weighted by Crippen LogP contribution is -2.42. The van der Waals surface area contributed by atoms with E-state index in [0.717, 1.165) is 16.7 Å². The van der Waals surface area contributed by atoms with Crippen LogP contribution in [0.25, 0.3) is 11.2 Å². The van der Waals surface area contributed by atoms with Crippen molar-refractivity contribution in [3.63, 3.8) is 0 Å². The number of carbonyl (C=O) groups is 3. The van der Waals surface area contributed by atoms with Crippen molar-refractivity contribution in [1.82, 2.24) is 30.2 Å². The highest BCUT2D eigenvalue weighted by molar-refractivity contribution is 5.85. The van der Waals surface area contributed by atoms with Crippen molar-refractivity contribution in [3.8, 4) is 0 Å². The number of halogens is 3. The van der Waals surface area contributed by atoms with Crippen LogP contribution in [-0.4, -0.2) is 103 Å². The van der Waals surface area contributed by atoms with Gasteiger partial charge in [-0.05, 0) is 29.5 Å². The summed E-state index contributed by atoms with van der Waals surface area (Å²) in [6.07, 6.45) is -5.03. The number of carboxylic acid groups (broad SMARTS) is 1. The lowest BCUT2D eigenvalue weighted by molar-refractivity contribution is -0.192. The van der Waals surface area contributed by atoms with Gasteiger partial charge >= 0.3 is 18.2 Å². The summed E-state index contributed by atoms with van der Waals surface area (Å²) >= 11 is 0. The van der Waals surface area contributed by atoms with Crippen LogP contribution < -0.4 is 20.9 Å². The number of nitrogens with zero attached hydrogens (tertiary/aromatic N) is 5. The number of aromatic nitrogens is 4. The average molecular weight is 819 g/mol. The molecule has 1 aliphatic carbocycles. The van der Waals surface area contributed by atoms with Crippen LogP contribution in [0.3, 0.4) is 0 Å². The molecule has 312 valence electrons. The Hall–Kier alpha value is -6.27. The van der Waals surface area contributed by atoms with Crippen molar-refractivity contribution in [3.05, 3.63) is 114 Å². The maximum Gasteiger partial charge on any atom is 0.490 e. The molecule has 0 spiro atoms. The largest absolute Gasteiger partial charge is 0.490 e. The third-order valence-electron chi connectivity index (χ3n) is 10.2. The SMILES string of the molecule is CCC(=O)N[C@H]1C[C@@H](n2cnc3c(NCC(c4ccccc4)c4ccccc4)nc(N4CC[C@@H](NC(=O)OCc5ccccc5)C4)nc32)[C@H](O)[C@@H]1O.O=C(O)C(F)(F)F. The van der Waals surface area contributed by atoms with Crippen LogP contribution in [0.15, 0.2) is 97.3 Å². The molecule has 3 aromatic carbocycles. The van der Waals surface area contributed by atoms with Crippen molar-refractivity contribution in [1.29, 1.82) is 0 Å². The van der Waals surface area contributed by atoms with Gasteiger partial charge in [-0.15, -0.1) is 0 Å². The highest BCUT2D eigenvalue weighted by atomic mass is 19.4. The molecule has 6 N–H and O–H groups in total. The summed E-state index contributed by atoms with van der Waals surface area (Å²) in [6.45, 7) is 3.49. The molecule has 2 amide bonds. The highest BCUT2D eigenvalue weighted by Crippen LogP contribution is 2.35. The highest BCUT2D eigenvalue weighted by Gasteiger charge is 2.44. The molecule has 0 bridgehead atoms. The van der Waals surface area contributed by atoms with Gasteiger partial charge in [-0.25, -0.2) is 14.6 Å². The zero-order chi connectivity index (χ0) is 42.1. The quantitative estimate of drug-likeness (QED) is 0.101. The summed E-state index contributed by atoms with van der Waals surface area (Å²) in [5, 5.41) is 38.6. The Labute approximate surface area is 337 Å². The summed E-state index contributed by atoms with van der Waals surface area (Å²) in [7, 11) is 0. The topological polar surface area (TPSA) is 204 Å². The molecule has 18 heteroatoms. The Morgan fingerprint density at radius 1 is 0.898 bits per heavy atom. The molecule has 0 radical (unpaired) electrons. The van der Waals surface area contributed by atoms with Gasteiger partial charge in [0.25, 0.3) is 0 Å². The summed E-state index contributed by atoms with van der Waals surface area (Å²) < 4.78 is 39.0. The Bertz CT molecular complexity index is 2140. The van der Waals surface area contributed by atoms with E-state index in [1.807, 2.05) is 71.6 Å². The lowest BCUT2D eigenvalue weighted by Gasteiger charge is -2.22. The number of ether oxygens (including phenoxy) is 1. The van der Waals surface area contributed by atoms with Gasteiger partial charge in [0.1, 0.15) is 18.8 Å². The van der Waals surface area contributed by atoms with Crippen LogP contribution >= 0.6 is 0 Å². The summed E-state index contributed by atoms with van der Waals surface area (Å²) in [6, 6.07) is 28.7. The molecule has 2 aliphatic rings. The first-order chi connectivity index (χ1) is 28.3. The Balaban J connectivity index is 0.000000768. The first kappa shape index (κ1) is 42.3. The number of aliphatic hydroxyl groups excluding tert-OH is 2. The molecule has 1 saturated carbocycles. The zero-order valence-electron chi connectivity index (χ0n) is 32.0. The second-order valence-corrected chi connectivity index (χ2v) is 14.2. The minimum atomic E-state index is -5.08. The van der Waals surface area contributed by atoms with Gasteiger partial charge < -0.3 is 45.5 Å². The van der Waals surface area contributed by atoms with Crippen molar-refractivity contribution in [2.75, 3.05) is 29.9 Å². The van der Waals surface area contributed by atoms with E-state index in [1.165, 1.54) is 0 Å². The first-order valence-corrected chi connectivity index (χ1v) is 19.1. The van der Waals surface area contributed by atoms with Gasteiger partial charge in [-0.1, -0.05) is 97.9 Å². The van der Waals surface area contributed by atoms with Crippen molar-refractivity contribution < 1.29 is 47.6 Å². The number of alkyl carbamates (subject to hydrolysis) is 1. The number of fused-ring (bicyclic) bond motifs is 1. The van der Waals surface area contributed by atoms with Crippen LogP contribution in [0.4, 0.5) is 29.7 Å². The standard InChI is InChI=1S/C39H44N8O5.C2HF3O2/c1-2-32(48)43-30-20-31(35(50)34(30)49)47-24-41-33-36(40-21-29(26-14-8-4-9-15-26)27-16-10-5-11-17-27)44-38(45-37(33)47)46-19-18-28(22-46)42-39(51)52-23-25-12-6-3-7-13-25;3-2(4,5)1(6)7/h3-17,24,28-31,34-35,49-50H,2,18-23H2,1H3,(H,42,51)(H,43,48)(H,40,44,45);(H,6,7)/t28-,30+,31-,34-,35+;/m1./s1. The van der Waals surface area contributed by atoms with Gasteiger partial charge in [0, 0.05) is 32.0 Å². The van der Waals surface area contributed by atoms with E-state index in [0.29, 0.717) is 55.4 Å². The molecule has 2 fully saturated rings. The third-order valence-corrected chi connectivity index (χ3v) is 10.2. The van der Waals surface area contributed by atoms with Gasteiger partial charge in [0.2, 0.25) is 11.9 Å². The molecule has 5 atom stereocenters. The minimum absolute atomic E-state index is 0.00922. The summed E-state index contributed by atoms with van der Waals surface area (Å²) in [5.74, 6) is -1.98. The van der Waals surface area contributed by atoms with Crippen LogP contribution in [0.5, 0.6) is 0 Å². The molecule has 3 heterocycles. The first-order valence-electron chi connectivity index (χ1n) is 19.1. The number of nitrogens with one attached hydrogen (secondary N) is 3. The molecule has 5 aromatic rings. The predicted octanol–water partition coefficient (Wildman–Crippen LogP) is 4.77. The van der Waals surface area contributed by atoms with E-state index < -0.39 is 42.5 Å². The number of rotatable bonds is 12. The average Bonchev–Trinajstić information content (AvgIpc) is 3.96. The van der Waals surface area contributed by atoms with E-state index in [9.17, 15) is 33.0 Å². The number of carboxylic acids is 1. The number of aliphatic hydroxyl groups is 2. The van der Waals surface area contributed by atoms with E-state index in [2.05, 4.69) is 40.2 Å². The number of aliphatic carboxylic acids is 1. The van der Waals surface area contributed by atoms with Crippen LogP contribution in [0.2, 0.25) is 0 Å². The fourth-order valence-corrected chi connectivity index (χ4v) is 7.14. The lowest BCUT2D eigenvalue weighted by atomic mass is 9.91. The maximum absolute atomic E-state index is 12.7. The number of alkyl halides is 3. The van der Waals surface area contributed by atoms with Gasteiger partial charge in [0.05, 0.1) is 24.5 Å². The van der Waals surface area contributed by atoms with Crippen molar-refractivity contribution >= 4 is 40.9 Å². The Morgan fingerprint density at radius 3 is 2.10 bits per heavy atom. The molecule has 2 aromatic heterocycles. The Morgan fingerprint density at radius 2 is 1.51 bits per heavy atom. The number of hydrogen-bond donors (Lipinski definition) is 6. The normalized spacial score (nSPS) is 20.2. The van der Waals surface area contributed by atoms with E-state index in [-0.39, 0.29) is 30.9 Å². The van der Waals surface area contributed by atoms with Crippen LogP contribution in [-0.2, 0) is 20.9 Å². The number of benzene rings is 3. The zero-order valence-corrected chi connectivity index (χ0v) is 32.0. The van der Waals surface area contributed by atoms with Crippen molar-refractivity contribution in [2.45, 2.75) is 75.2 Å². The van der Waals surface area contributed by atoms with Crippen LogP contribution in [0, 0.1) is 0 Å². The predicted molar refractivity (Wildman–Crippen MR) is 211 cm³/mol. The van der Waals surface area contributed by atoms with Gasteiger partial charge in [-0.3, -0.25) is 4.79 Å². The van der Waals surface area contributed by atoms with Gasteiger partial charge in [0.15, 0.2) is 17.0 Å².